The van der Waals surface area contributed by atoms with Gasteiger partial charge in [0.15, 0.2) is 5.69 Å². The predicted octanol–water partition coefficient (Wildman–Crippen LogP) is 1.02. The molecule has 1 aliphatic carbocycles. The number of hydrogen-bond donors (Lipinski definition) is 2. The normalized spacial score (nSPS) is 20.8. The fourth-order valence-electron chi connectivity index (χ4n) is 3.18. The first-order valence-electron chi connectivity index (χ1n) is 7.60. The number of pyridine rings is 1. The number of carbonyl (C=O) groups is 1. The molecule has 2 heterocycles. The van der Waals surface area contributed by atoms with Crippen LogP contribution in [0.15, 0.2) is 29.6 Å². The maximum atomic E-state index is 12.6. The van der Waals surface area contributed by atoms with Gasteiger partial charge in [0.1, 0.15) is 0 Å². The summed E-state index contributed by atoms with van der Waals surface area (Å²) >= 11 is 0. The molecule has 1 saturated carbocycles. The third-order valence-electron chi connectivity index (χ3n) is 4.34. The van der Waals surface area contributed by atoms with Crippen LogP contribution in [0.1, 0.15) is 29.8 Å². The zero-order valence-electron chi connectivity index (χ0n) is 13.3. The second kappa shape index (κ2) is 7.08. The SMILES string of the molecule is CS(=O)(=O)c1nc(C(=O)NC2CCCC2CN)c2ccccn12.Cl. The van der Waals surface area contributed by atoms with E-state index in [2.05, 4.69) is 10.3 Å². The van der Waals surface area contributed by atoms with Crippen LogP contribution in [0.5, 0.6) is 0 Å². The van der Waals surface area contributed by atoms with Crippen molar-refractivity contribution in [3.05, 3.63) is 30.1 Å². The Kier molecular flexibility index (Phi) is 5.52. The van der Waals surface area contributed by atoms with Crippen LogP contribution in [0.2, 0.25) is 0 Å². The molecule has 2 aromatic rings. The van der Waals surface area contributed by atoms with Crippen molar-refractivity contribution in [3.8, 4) is 0 Å². The number of nitrogens with one attached hydrogen (secondary N) is 1. The number of hydrogen-bond acceptors (Lipinski definition) is 5. The summed E-state index contributed by atoms with van der Waals surface area (Å²) in [4.78, 5) is 16.7. The van der Waals surface area contributed by atoms with Gasteiger partial charge in [-0.2, -0.15) is 0 Å². The van der Waals surface area contributed by atoms with Crippen molar-refractivity contribution in [2.75, 3.05) is 12.8 Å². The average Bonchev–Trinajstić information content (AvgIpc) is 3.10. The highest BCUT2D eigenvalue weighted by molar-refractivity contribution is 7.90. The molecule has 0 bridgehead atoms. The van der Waals surface area contributed by atoms with Crippen molar-refractivity contribution in [1.82, 2.24) is 14.7 Å². The molecule has 7 nitrogen and oxygen atoms in total. The van der Waals surface area contributed by atoms with Gasteiger partial charge in [0.2, 0.25) is 15.0 Å². The Balaban J connectivity index is 0.00000208. The van der Waals surface area contributed by atoms with Crippen LogP contribution in [0, 0.1) is 5.92 Å². The summed E-state index contributed by atoms with van der Waals surface area (Å²) in [6.45, 7) is 0.531. The molecule has 0 saturated heterocycles. The Hall–Kier alpha value is -1.64. The van der Waals surface area contributed by atoms with Crippen LogP contribution < -0.4 is 11.1 Å². The molecule has 3 N–H and O–H groups in total. The molecule has 24 heavy (non-hydrogen) atoms. The molecule has 0 aliphatic heterocycles. The summed E-state index contributed by atoms with van der Waals surface area (Å²) < 4.78 is 25.2. The van der Waals surface area contributed by atoms with E-state index < -0.39 is 9.84 Å². The quantitative estimate of drug-likeness (QED) is 0.833. The van der Waals surface area contributed by atoms with Gasteiger partial charge in [-0.25, -0.2) is 13.4 Å². The van der Waals surface area contributed by atoms with E-state index in [0.717, 1.165) is 25.5 Å². The van der Waals surface area contributed by atoms with Crippen LogP contribution in [0.25, 0.3) is 5.52 Å². The minimum Gasteiger partial charge on any atom is -0.348 e. The van der Waals surface area contributed by atoms with Crippen LogP contribution in [0.3, 0.4) is 0 Å². The first kappa shape index (κ1) is 18.7. The van der Waals surface area contributed by atoms with Gasteiger partial charge < -0.3 is 11.1 Å². The van der Waals surface area contributed by atoms with Crippen LogP contribution in [-0.4, -0.2) is 42.6 Å². The third-order valence-corrected chi connectivity index (χ3v) is 5.29. The number of nitrogens with two attached hydrogens (primary N) is 1. The summed E-state index contributed by atoms with van der Waals surface area (Å²) in [6, 6.07) is 5.16. The lowest BCUT2D eigenvalue weighted by atomic mass is 10.0. The van der Waals surface area contributed by atoms with Gasteiger partial charge in [-0.1, -0.05) is 12.5 Å². The predicted molar refractivity (Wildman–Crippen MR) is 93.2 cm³/mol. The van der Waals surface area contributed by atoms with Gasteiger partial charge in [0.05, 0.1) is 5.52 Å². The van der Waals surface area contributed by atoms with Crippen molar-refractivity contribution in [2.24, 2.45) is 11.7 Å². The molecule has 0 spiro atoms. The minimum absolute atomic E-state index is 0. The fraction of sp³-hybridized carbons (Fsp3) is 0.467. The Morgan fingerprint density at radius 2 is 2.17 bits per heavy atom. The van der Waals surface area contributed by atoms with Crippen molar-refractivity contribution in [3.63, 3.8) is 0 Å². The van der Waals surface area contributed by atoms with Gasteiger partial charge in [-0.3, -0.25) is 9.20 Å². The molecular formula is C15H21ClN4O3S. The minimum atomic E-state index is -3.53. The van der Waals surface area contributed by atoms with Gasteiger partial charge in [0.25, 0.3) is 5.91 Å². The smallest absolute Gasteiger partial charge is 0.272 e. The molecule has 1 aliphatic rings. The monoisotopic (exact) mass is 372 g/mol. The Morgan fingerprint density at radius 1 is 1.42 bits per heavy atom. The van der Waals surface area contributed by atoms with Gasteiger partial charge >= 0.3 is 0 Å². The molecule has 1 amide bonds. The Labute approximate surface area is 147 Å². The second-order valence-corrected chi connectivity index (χ2v) is 7.89. The van der Waals surface area contributed by atoms with E-state index in [4.69, 9.17) is 5.73 Å². The molecule has 0 aromatic carbocycles. The largest absolute Gasteiger partial charge is 0.348 e. The number of carbonyl (C=O) groups excluding carboxylic acids is 1. The van der Waals surface area contributed by atoms with Crippen LogP contribution in [-0.2, 0) is 9.84 Å². The molecule has 2 atom stereocenters. The highest BCUT2D eigenvalue weighted by Gasteiger charge is 2.30. The molecule has 9 heteroatoms. The first-order valence-corrected chi connectivity index (χ1v) is 9.49. The van der Waals surface area contributed by atoms with Gasteiger partial charge in [-0.15, -0.1) is 12.4 Å². The number of aromatic nitrogens is 2. The number of fused-ring (bicyclic) bond motifs is 1. The van der Waals surface area contributed by atoms with Crippen LogP contribution >= 0.6 is 12.4 Å². The fourth-order valence-corrected chi connectivity index (χ4v) is 3.96. The molecule has 132 valence electrons. The van der Waals surface area contributed by atoms with Gasteiger partial charge in [0, 0.05) is 18.5 Å². The molecule has 2 unspecified atom stereocenters. The van der Waals surface area contributed by atoms with Gasteiger partial charge in [-0.05, 0) is 37.4 Å². The number of nitrogens with zero attached hydrogens (tertiary/aromatic N) is 2. The summed E-state index contributed by atoms with van der Waals surface area (Å²) in [5.41, 5.74) is 6.35. The van der Waals surface area contributed by atoms with E-state index >= 15 is 0 Å². The number of rotatable bonds is 4. The molecule has 3 rings (SSSR count). The third kappa shape index (κ3) is 3.40. The Morgan fingerprint density at radius 3 is 2.83 bits per heavy atom. The first-order chi connectivity index (χ1) is 10.9. The molecule has 2 aromatic heterocycles. The summed E-state index contributed by atoms with van der Waals surface area (Å²) in [5, 5.41) is 2.84. The number of halogens is 1. The zero-order valence-corrected chi connectivity index (χ0v) is 14.9. The number of amides is 1. The standard InChI is InChI=1S/C15H20N4O3S.ClH/c1-23(21,22)15-18-13(12-7-2-3-8-19(12)15)14(20)17-11-6-4-5-10(11)9-16;/h2-3,7-8,10-11H,4-6,9,16H2,1H3,(H,17,20);1H. The number of imidazole rings is 1. The lowest BCUT2D eigenvalue weighted by Crippen LogP contribution is -2.40. The van der Waals surface area contributed by atoms with E-state index in [9.17, 15) is 13.2 Å². The maximum absolute atomic E-state index is 12.6. The lowest BCUT2D eigenvalue weighted by molar-refractivity contribution is 0.0925. The zero-order chi connectivity index (χ0) is 16.6. The van der Waals surface area contributed by atoms with Crippen molar-refractivity contribution >= 4 is 33.7 Å². The highest BCUT2D eigenvalue weighted by atomic mass is 35.5. The number of sulfone groups is 1. The van der Waals surface area contributed by atoms with E-state index in [0.29, 0.717) is 12.1 Å². The van der Waals surface area contributed by atoms with Crippen molar-refractivity contribution < 1.29 is 13.2 Å². The van der Waals surface area contributed by atoms with Crippen LogP contribution in [0.4, 0.5) is 0 Å². The summed E-state index contributed by atoms with van der Waals surface area (Å²) in [6.07, 6.45) is 5.59. The van der Waals surface area contributed by atoms with E-state index in [1.807, 2.05) is 0 Å². The van der Waals surface area contributed by atoms with E-state index in [1.54, 1.807) is 24.4 Å². The molecule has 0 radical (unpaired) electrons. The topological polar surface area (TPSA) is 107 Å². The second-order valence-electron chi connectivity index (χ2n) is 5.98. The van der Waals surface area contributed by atoms with E-state index in [1.165, 1.54) is 4.40 Å². The Bertz CT molecular complexity index is 850. The van der Waals surface area contributed by atoms with Crippen molar-refractivity contribution in [1.29, 1.82) is 0 Å². The summed E-state index contributed by atoms with van der Waals surface area (Å²) in [7, 11) is -3.53. The van der Waals surface area contributed by atoms with Crippen molar-refractivity contribution in [2.45, 2.75) is 30.5 Å². The lowest BCUT2D eigenvalue weighted by Gasteiger charge is -2.18. The molecule has 1 fully saturated rings. The molecular weight excluding hydrogens is 352 g/mol. The summed E-state index contributed by atoms with van der Waals surface area (Å²) in [5.74, 6) is -0.0869. The van der Waals surface area contributed by atoms with E-state index in [-0.39, 0.29) is 41.1 Å². The maximum Gasteiger partial charge on any atom is 0.272 e. The highest BCUT2D eigenvalue weighted by Crippen LogP contribution is 2.25. The average molecular weight is 373 g/mol.